The van der Waals surface area contributed by atoms with Gasteiger partial charge in [0.1, 0.15) is 0 Å². The summed E-state index contributed by atoms with van der Waals surface area (Å²) in [6, 6.07) is 5.39. The van der Waals surface area contributed by atoms with Gasteiger partial charge in [0.05, 0.1) is 20.0 Å². The Morgan fingerprint density at radius 1 is 1.08 bits per heavy atom. The number of carbonyl (C=O) groups is 1. The molecule has 0 aliphatic carbocycles. The third kappa shape index (κ3) is 9.43. The number of nitrogens with one attached hydrogen (secondary N) is 1. The molecule has 1 aromatic rings. The Morgan fingerprint density at radius 2 is 1.73 bits per heavy atom. The minimum Gasteiger partial charge on any atom is -0.493 e. The lowest BCUT2D eigenvalue weighted by atomic mass is 10.1. The van der Waals surface area contributed by atoms with Gasteiger partial charge in [0.2, 0.25) is 5.91 Å². The van der Waals surface area contributed by atoms with Gasteiger partial charge < -0.3 is 14.8 Å². The van der Waals surface area contributed by atoms with Gasteiger partial charge >= 0.3 is 0 Å². The third-order valence-corrected chi connectivity index (χ3v) is 4.52. The van der Waals surface area contributed by atoms with Gasteiger partial charge in [-0.25, -0.2) is 0 Å². The molecule has 26 heavy (non-hydrogen) atoms. The molecule has 0 unspecified atom stereocenters. The molecule has 0 atom stereocenters. The van der Waals surface area contributed by atoms with E-state index in [0.717, 1.165) is 31.2 Å². The Bertz CT molecular complexity index is 700. The third-order valence-electron chi connectivity index (χ3n) is 3.71. The summed E-state index contributed by atoms with van der Waals surface area (Å²) in [4.78, 5) is 11.8. The summed E-state index contributed by atoms with van der Waals surface area (Å²) in [5, 5.41) is 2.80. The average molecular weight is 385 g/mol. The van der Waals surface area contributed by atoms with Crippen LogP contribution in [0.25, 0.3) is 6.08 Å². The summed E-state index contributed by atoms with van der Waals surface area (Å²) >= 11 is 0. The summed E-state index contributed by atoms with van der Waals surface area (Å²) in [6.45, 7) is 0.563. The summed E-state index contributed by atoms with van der Waals surface area (Å²) in [6.07, 6.45) is 6.95. The van der Waals surface area contributed by atoms with Gasteiger partial charge in [-0.1, -0.05) is 25.3 Å². The fraction of sp³-hybridized carbons (Fsp3) is 0.500. The fourth-order valence-corrected chi connectivity index (χ4v) is 2.91. The van der Waals surface area contributed by atoms with Crippen LogP contribution >= 0.6 is 0 Å². The topological polar surface area (TPSA) is 102 Å². The molecule has 0 bridgehead atoms. The van der Waals surface area contributed by atoms with Crippen LogP contribution in [0.5, 0.6) is 11.5 Å². The van der Waals surface area contributed by atoms with Crippen LogP contribution in [0.3, 0.4) is 0 Å². The number of hydrogen-bond acceptors (Lipinski definition) is 5. The maximum atomic E-state index is 11.8. The van der Waals surface area contributed by atoms with Crippen LogP contribution in [-0.2, 0) is 14.9 Å². The standard InChI is InChI=1S/C18H27NO6S/c1-24-16-10-8-15(14-17(16)25-2)9-11-18(20)19-12-6-4-3-5-7-13-26(21,22)23/h8-11,14H,3-7,12-13H2,1-2H3,(H,19,20)(H,21,22,23)/b11-9+. The van der Waals surface area contributed by atoms with Crippen molar-refractivity contribution in [2.24, 2.45) is 0 Å². The summed E-state index contributed by atoms with van der Waals surface area (Å²) in [7, 11) is -0.729. The zero-order chi connectivity index (χ0) is 19.4. The van der Waals surface area contributed by atoms with Crippen LogP contribution in [0, 0.1) is 0 Å². The molecule has 0 saturated heterocycles. The number of hydrogen-bond donors (Lipinski definition) is 2. The predicted molar refractivity (Wildman–Crippen MR) is 101 cm³/mol. The lowest BCUT2D eigenvalue weighted by Crippen LogP contribution is -2.21. The van der Waals surface area contributed by atoms with E-state index in [1.165, 1.54) is 6.08 Å². The monoisotopic (exact) mass is 385 g/mol. The summed E-state index contributed by atoms with van der Waals surface area (Å²) < 4.78 is 40.1. The Hall–Kier alpha value is -2.06. The molecular weight excluding hydrogens is 358 g/mol. The molecule has 7 nitrogen and oxygen atoms in total. The molecule has 0 aliphatic heterocycles. The molecule has 0 aliphatic rings. The van der Waals surface area contributed by atoms with Gasteiger partial charge in [-0.2, -0.15) is 8.42 Å². The number of ether oxygens (including phenoxy) is 2. The summed E-state index contributed by atoms with van der Waals surface area (Å²) in [5.74, 6) is 0.867. The highest BCUT2D eigenvalue weighted by atomic mass is 32.2. The molecule has 0 saturated carbocycles. The van der Waals surface area contributed by atoms with Gasteiger partial charge in [0.25, 0.3) is 10.1 Å². The minimum absolute atomic E-state index is 0.175. The highest BCUT2D eigenvalue weighted by molar-refractivity contribution is 7.85. The molecule has 0 aromatic heterocycles. The second-order valence-electron chi connectivity index (χ2n) is 5.79. The molecule has 2 N–H and O–H groups in total. The number of methoxy groups -OCH3 is 2. The van der Waals surface area contributed by atoms with Crippen LogP contribution in [0.15, 0.2) is 24.3 Å². The molecule has 0 heterocycles. The zero-order valence-electron chi connectivity index (χ0n) is 15.2. The molecule has 0 fully saturated rings. The van der Waals surface area contributed by atoms with E-state index >= 15 is 0 Å². The number of amides is 1. The van der Waals surface area contributed by atoms with E-state index in [0.29, 0.717) is 24.5 Å². The Kier molecular flexibility index (Phi) is 9.75. The lowest BCUT2D eigenvalue weighted by Gasteiger charge is -2.07. The summed E-state index contributed by atoms with van der Waals surface area (Å²) in [5.41, 5.74) is 0.830. The first-order valence-corrected chi connectivity index (χ1v) is 10.1. The van der Waals surface area contributed by atoms with E-state index in [1.54, 1.807) is 32.4 Å². The molecule has 1 rings (SSSR count). The van der Waals surface area contributed by atoms with Crippen molar-refractivity contribution in [2.75, 3.05) is 26.5 Å². The van der Waals surface area contributed by atoms with Crippen molar-refractivity contribution >= 4 is 22.1 Å². The van der Waals surface area contributed by atoms with Crippen molar-refractivity contribution < 1.29 is 27.2 Å². The van der Waals surface area contributed by atoms with Crippen molar-refractivity contribution in [3.63, 3.8) is 0 Å². The second-order valence-corrected chi connectivity index (χ2v) is 7.36. The van der Waals surface area contributed by atoms with Gasteiger partial charge in [-0.15, -0.1) is 0 Å². The van der Waals surface area contributed by atoms with Crippen LogP contribution in [-0.4, -0.2) is 45.4 Å². The average Bonchev–Trinajstić information content (AvgIpc) is 2.60. The Labute approximate surface area is 155 Å². The molecule has 0 spiro atoms. The molecule has 1 amide bonds. The number of carbonyl (C=O) groups excluding carboxylic acids is 1. The van der Waals surface area contributed by atoms with Gasteiger partial charge in [-0.3, -0.25) is 9.35 Å². The number of rotatable bonds is 12. The minimum atomic E-state index is -3.85. The van der Waals surface area contributed by atoms with Crippen molar-refractivity contribution in [3.05, 3.63) is 29.8 Å². The largest absolute Gasteiger partial charge is 0.493 e. The lowest BCUT2D eigenvalue weighted by molar-refractivity contribution is -0.116. The van der Waals surface area contributed by atoms with Crippen LogP contribution in [0.1, 0.15) is 37.7 Å². The zero-order valence-corrected chi connectivity index (χ0v) is 16.0. The highest BCUT2D eigenvalue weighted by Crippen LogP contribution is 2.27. The molecular formula is C18H27NO6S. The highest BCUT2D eigenvalue weighted by Gasteiger charge is 2.04. The predicted octanol–water partition coefficient (Wildman–Crippen LogP) is 2.67. The first-order valence-electron chi connectivity index (χ1n) is 8.49. The van der Waals surface area contributed by atoms with Gasteiger partial charge in [-0.05, 0) is 36.6 Å². The Morgan fingerprint density at radius 3 is 2.38 bits per heavy atom. The van der Waals surface area contributed by atoms with Crippen LogP contribution in [0.4, 0.5) is 0 Å². The van der Waals surface area contributed by atoms with Crippen molar-refractivity contribution in [1.82, 2.24) is 5.32 Å². The van der Waals surface area contributed by atoms with E-state index in [4.69, 9.17) is 14.0 Å². The van der Waals surface area contributed by atoms with Crippen molar-refractivity contribution in [1.29, 1.82) is 0 Å². The van der Waals surface area contributed by atoms with Gasteiger partial charge in [0, 0.05) is 12.6 Å². The number of unbranched alkanes of at least 4 members (excludes halogenated alkanes) is 4. The first kappa shape index (κ1) is 22.0. The van der Waals surface area contributed by atoms with E-state index in [2.05, 4.69) is 5.32 Å². The normalized spacial score (nSPS) is 11.5. The van der Waals surface area contributed by atoms with E-state index in [9.17, 15) is 13.2 Å². The molecule has 8 heteroatoms. The fourth-order valence-electron chi connectivity index (χ4n) is 2.34. The smallest absolute Gasteiger partial charge is 0.264 e. The van der Waals surface area contributed by atoms with Crippen LogP contribution in [0.2, 0.25) is 0 Å². The SMILES string of the molecule is COc1ccc(/C=C/C(=O)NCCCCCCCS(=O)(=O)O)cc1OC. The van der Waals surface area contributed by atoms with Crippen molar-refractivity contribution in [2.45, 2.75) is 32.1 Å². The second kappa shape index (κ2) is 11.5. The van der Waals surface area contributed by atoms with Crippen LogP contribution < -0.4 is 14.8 Å². The molecule has 0 radical (unpaired) electrons. The maximum Gasteiger partial charge on any atom is 0.264 e. The Balaban J connectivity index is 2.23. The van der Waals surface area contributed by atoms with E-state index in [-0.39, 0.29) is 11.7 Å². The van der Waals surface area contributed by atoms with E-state index < -0.39 is 10.1 Å². The van der Waals surface area contributed by atoms with E-state index in [1.807, 2.05) is 6.07 Å². The van der Waals surface area contributed by atoms with Gasteiger partial charge in [0.15, 0.2) is 11.5 Å². The maximum absolute atomic E-state index is 11.8. The number of benzene rings is 1. The van der Waals surface area contributed by atoms with Crippen molar-refractivity contribution in [3.8, 4) is 11.5 Å². The first-order chi connectivity index (χ1) is 12.4. The quantitative estimate of drug-likeness (QED) is 0.326. The molecule has 1 aromatic carbocycles. The molecule has 146 valence electrons.